The number of carbonyl (C=O) groups is 2. The molecule has 1 heterocycles. The molecule has 1 aliphatic rings. The second-order valence-corrected chi connectivity index (χ2v) is 5.21. The van der Waals surface area contributed by atoms with Crippen LogP contribution in [-0.4, -0.2) is 16.1 Å². The van der Waals surface area contributed by atoms with Crippen molar-refractivity contribution in [1.29, 1.82) is 0 Å². The maximum Gasteiger partial charge on any atom is 0.188 e. The van der Waals surface area contributed by atoms with Crippen LogP contribution in [0.5, 0.6) is 0 Å². The number of hydrogen-bond donors (Lipinski definition) is 0. The number of aromatic nitrogens is 1. The van der Waals surface area contributed by atoms with Crippen molar-refractivity contribution >= 4 is 33.4 Å². The molecule has 1 aliphatic carbocycles. The van der Waals surface area contributed by atoms with Gasteiger partial charge >= 0.3 is 0 Å². The Morgan fingerprint density at radius 3 is 2.48 bits per heavy atom. The number of hydrogen-bond acceptors (Lipinski definition) is 2. The Labute approximate surface area is 121 Å². The van der Waals surface area contributed by atoms with Gasteiger partial charge in [0.05, 0.1) is 11.1 Å². The van der Waals surface area contributed by atoms with Crippen LogP contribution in [0.4, 0.5) is 0 Å². The van der Waals surface area contributed by atoms with Gasteiger partial charge in [0.25, 0.3) is 0 Å². The van der Waals surface area contributed by atoms with Gasteiger partial charge in [-0.1, -0.05) is 24.3 Å². The Balaban J connectivity index is 2.28. The molecule has 3 nitrogen and oxygen atoms in total. The van der Waals surface area contributed by atoms with E-state index in [0.29, 0.717) is 11.1 Å². The molecule has 4 rings (SSSR count). The first-order valence-electron chi connectivity index (χ1n) is 7.03. The fourth-order valence-electron chi connectivity index (χ4n) is 3.25. The van der Waals surface area contributed by atoms with Crippen molar-refractivity contribution in [3.8, 4) is 0 Å². The van der Waals surface area contributed by atoms with Crippen LogP contribution >= 0.6 is 0 Å². The predicted molar refractivity (Wildman–Crippen MR) is 82.9 cm³/mol. The Morgan fingerprint density at radius 2 is 1.67 bits per heavy atom. The third-order valence-electron chi connectivity index (χ3n) is 4.15. The second-order valence-electron chi connectivity index (χ2n) is 5.21. The van der Waals surface area contributed by atoms with E-state index in [1.807, 2.05) is 18.2 Å². The van der Waals surface area contributed by atoms with E-state index < -0.39 is 0 Å². The molecule has 0 saturated carbocycles. The lowest BCUT2D eigenvalue weighted by Crippen LogP contribution is -2.13. The van der Waals surface area contributed by atoms with E-state index in [-0.39, 0.29) is 11.6 Å². The molecule has 0 fully saturated rings. The fourth-order valence-corrected chi connectivity index (χ4v) is 3.25. The molecule has 0 atom stereocenters. The third kappa shape index (κ3) is 1.49. The summed E-state index contributed by atoms with van der Waals surface area (Å²) in [5, 5.41) is 2.15. The van der Waals surface area contributed by atoms with Crippen LogP contribution in [0.25, 0.3) is 21.8 Å². The smallest absolute Gasteiger partial charge is 0.188 e. The number of benzene rings is 2. The minimum atomic E-state index is -0.0978. The molecule has 0 saturated heterocycles. The summed E-state index contributed by atoms with van der Waals surface area (Å²) in [7, 11) is 0. The zero-order valence-corrected chi connectivity index (χ0v) is 11.6. The number of aryl methyl sites for hydroxylation is 1. The molecule has 0 bridgehead atoms. The molecule has 102 valence electrons. The third-order valence-corrected chi connectivity index (χ3v) is 4.15. The summed E-state index contributed by atoms with van der Waals surface area (Å²) in [4.78, 5) is 24.4. The van der Waals surface area contributed by atoms with Crippen LogP contribution in [0.15, 0.2) is 48.6 Å². The van der Waals surface area contributed by atoms with E-state index >= 15 is 0 Å². The van der Waals surface area contributed by atoms with Crippen molar-refractivity contribution in [2.24, 2.45) is 0 Å². The molecule has 0 amide bonds. The lowest BCUT2D eigenvalue weighted by molar-refractivity contribution is 0.0995. The number of allylic oxidation sites excluding steroid dienone is 2. The molecule has 21 heavy (non-hydrogen) atoms. The largest absolute Gasteiger partial charge is 0.340 e. The zero-order chi connectivity index (χ0) is 14.6. The number of ketones is 2. The molecule has 1 aromatic heterocycles. The number of carbonyl (C=O) groups excluding carboxylic acids is 2. The highest BCUT2D eigenvalue weighted by Gasteiger charge is 2.24. The summed E-state index contributed by atoms with van der Waals surface area (Å²) in [5.41, 5.74) is 3.02. The lowest BCUT2D eigenvalue weighted by atomic mass is 9.92. The van der Waals surface area contributed by atoms with Gasteiger partial charge in [-0.15, -0.1) is 0 Å². The molecule has 0 radical (unpaired) electrons. The van der Waals surface area contributed by atoms with E-state index in [1.54, 1.807) is 6.07 Å². The van der Waals surface area contributed by atoms with Gasteiger partial charge in [-0.2, -0.15) is 0 Å². The summed E-state index contributed by atoms with van der Waals surface area (Å²) in [5.74, 6) is -0.188. The van der Waals surface area contributed by atoms with E-state index in [4.69, 9.17) is 0 Å². The van der Waals surface area contributed by atoms with Gasteiger partial charge < -0.3 is 4.57 Å². The molecule has 2 aromatic carbocycles. The summed E-state index contributed by atoms with van der Waals surface area (Å²) in [6, 6.07) is 11.8. The van der Waals surface area contributed by atoms with Crippen LogP contribution in [0.2, 0.25) is 0 Å². The first-order chi connectivity index (χ1) is 10.2. The van der Waals surface area contributed by atoms with Crippen molar-refractivity contribution in [3.63, 3.8) is 0 Å². The second kappa shape index (κ2) is 4.16. The molecule has 0 unspecified atom stereocenters. The molecular weight excluding hydrogens is 262 g/mol. The average Bonchev–Trinajstić information content (AvgIpc) is 2.84. The van der Waals surface area contributed by atoms with Crippen LogP contribution in [0.1, 0.15) is 27.6 Å². The number of fused-ring (bicyclic) bond motifs is 5. The van der Waals surface area contributed by atoms with E-state index in [1.165, 1.54) is 12.2 Å². The maximum atomic E-state index is 12.3. The minimum absolute atomic E-state index is 0.0901. The standard InChI is InChI=1S/C18H13NO2/c1-2-19-14-6-4-3-5-11(14)12-7-8-13-15(20)9-10-16(21)17(13)18(12)19/h3-10H,2H2,1H3. The van der Waals surface area contributed by atoms with Crippen molar-refractivity contribution in [2.45, 2.75) is 13.5 Å². The Bertz CT molecular complexity index is 960. The first kappa shape index (κ1) is 12.1. The van der Waals surface area contributed by atoms with E-state index in [9.17, 15) is 9.59 Å². The van der Waals surface area contributed by atoms with Gasteiger partial charge in [-0.05, 0) is 31.2 Å². The SMILES string of the molecule is CCn1c2ccccc2c2ccc3c(c21)C(=O)C=CC3=O. The molecule has 3 aromatic rings. The topological polar surface area (TPSA) is 39.1 Å². The van der Waals surface area contributed by atoms with Crippen molar-refractivity contribution < 1.29 is 9.59 Å². The molecule has 0 spiro atoms. The Morgan fingerprint density at radius 1 is 0.905 bits per heavy atom. The number of nitrogens with zero attached hydrogens (tertiary/aromatic N) is 1. The molecular formula is C18H13NO2. The average molecular weight is 275 g/mol. The van der Waals surface area contributed by atoms with Gasteiger partial charge in [-0.25, -0.2) is 0 Å². The summed E-state index contributed by atoms with van der Waals surface area (Å²) < 4.78 is 2.12. The maximum absolute atomic E-state index is 12.3. The van der Waals surface area contributed by atoms with Gasteiger partial charge in [0, 0.05) is 28.4 Å². The number of para-hydroxylation sites is 1. The summed E-state index contributed by atoms with van der Waals surface area (Å²) >= 11 is 0. The highest BCUT2D eigenvalue weighted by atomic mass is 16.1. The number of rotatable bonds is 1. The Kier molecular flexibility index (Phi) is 2.39. The van der Waals surface area contributed by atoms with Crippen LogP contribution in [-0.2, 0) is 6.54 Å². The Hall–Kier alpha value is -2.68. The van der Waals surface area contributed by atoms with E-state index in [2.05, 4.69) is 23.6 Å². The highest BCUT2D eigenvalue weighted by Crippen LogP contribution is 2.34. The normalized spacial score (nSPS) is 14.1. The monoisotopic (exact) mass is 275 g/mol. The van der Waals surface area contributed by atoms with Gasteiger partial charge in [-0.3, -0.25) is 9.59 Å². The van der Waals surface area contributed by atoms with Gasteiger partial charge in [0.15, 0.2) is 11.6 Å². The van der Waals surface area contributed by atoms with Crippen LogP contribution < -0.4 is 0 Å². The molecule has 3 heteroatoms. The molecule has 0 aliphatic heterocycles. The fraction of sp³-hybridized carbons (Fsp3) is 0.111. The minimum Gasteiger partial charge on any atom is -0.340 e. The zero-order valence-electron chi connectivity index (χ0n) is 11.6. The van der Waals surface area contributed by atoms with Gasteiger partial charge in [0.2, 0.25) is 0 Å². The predicted octanol–water partition coefficient (Wildman–Crippen LogP) is 3.75. The van der Waals surface area contributed by atoms with Crippen molar-refractivity contribution in [2.75, 3.05) is 0 Å². The quantitative estimate of drug-likeness (QED) is 0.678. The molecule has 0 N–H and O–H groups in total. The summed E-state index contributed by atoms with van der Waals surface area (Å²) in [6.07, 6.45) is 2.73. The highest BCUT2D eigenvalue weighted by molar-refractivity contribution is 6.28. The first-order valence-corrected chi connectivity index (χ1v) is 7.03. The van der Waals surface area contributed by atoms with Gasteiger partial charge in [0.1, 0.15) is 0 Å². The summed E-state index contributed by atoms with van der Waals surface area (Å²) in [6.45, 7) is 2.81. The van der Waals surface area contributed by atoms with E-state index in [0.717, 1.165) is 28.4 Å². The van der Waals surface area contributed by atoms with Crippen molar-refractivity contribution in [3.05, 3.63) is 59.7 Å². The van der Waals surface area contributed by atoms with Crippen LogP contribution in [0.3, 0.4) is 0 Å². The lowest BCUT2D eigenvalue weighted by Gasteiger charge is -2.12. The van der Waals surface area contributed by atoms with Crippen molar-refractivity contribution in [1.82, 2.24) is 4.57 Å². The van der Waals surface area contributed by atoms with Crippen LogP contribution in [0, 0.1) is 0 Å².